The fourth-order valence-corrected chi connectivity index (χ4v) is 5.90. The lowest BCUT2D eigenvalue weighted by molar-refractivity contribution is 0.218. The van der Waals surface area contributed by atoms with Crippen LogP contribution < -0.4 is 4.80 Å². The van der Waals surface area contributed by atoms with Gasteiger partial charge in [0.2, 0.25) is 4.80 Å². The zero-order valence-corrected chi connectivity index (χ0v) is 21.4. The maximum atomic E-state index is 13.3. The minimum Gasteiger partial charge on any atom is -0.309 e. The fourth-order valence-electron chi connectivity index (χ4n) is 3.44. The van der Waals surface area contributed by atoms with E-state index in [1.165, 1.54) is 11.5 Å². The van der Waals surface area contributed by atoms with Crippen molar-refractivity contribution in [2.45, 2.75) is 20.0 Å². The van der Waals surface area contributed by atoms with Crippen LogP contribution in [0, 0.1) is 0 Å². The maximum Gasteiger partial charge on any atom is 0.338 e. The molecule has 4 aromatic rings. The molecule has 3 aromatic carbocycles. The molecular formula is C26H27N4O3PS. The minimum absolute atomic E-state index is 0.0338. The molecule has 7 nitrogen and oxygen atoms in total. The molecular weight excluding hydrogens is 479 g/mol. The number of rotatable bonds is 9. The number of aromatic nitrogens is 2. The zero-order chi connectivity index (χ0) is 24.5. The SMILES string of the molecule is CCOP(=O)(Cc1nsc(=NC(=Nc2ccccc2)c2ccccc2)n1-c1ccccc1)OCC. The number of amidine groups is 1. The van der Waals surface area contributed by atoms with Crippen molar-refractivity contribution in [1.82, 2.24) is 8.94 Å². The highest BCUT2D eigenvalue weighted by Gasteiger charge is 2.28. The lowest BCUT2D eigenvalue weighted by atomic mass is 10.2. The van der Waals surface area contributed by atoms with Crippen molar-refractivity contribution in [3.63, 3.8) is 0 Å². The fraction of sp³-hybridized carbons (Fsp3) is 0.192. The lowest BCUT2D eigenvalue weighted by Gasteiger charge is -2.17. The van der Waals surface area contributed by atoms with Crippen LogP contribution in [0.15, 0.2) is 101 Å². The molecule has 4 rings (SSSR count). The van der Waals surface area contributed by atoms with Gasteiger partial charge >= 0.3 is 7.60 Å². The quantitative estimate of drug-likeness (QED) is 0.150. The molecule has 0 aliphatic heterocycles. The van der Waals surface area contributed by atoms with Crippen LogP contribution in [0.4, 0.5) is 5.69 Å². The number of nitrogens with zero attached hydrogens (tertiary/aromatic N) is 4. The highest BCUT2D eigenvalue weighted by molar-refractivity contribution is 7.53. The summed E-state index contributed by atoms with van der Waals surface area (Å²) in [6.45, 7) is 4.16. The Hall–Kier alpha value is -3.16. The van der Waals surface area contributed by atoms with E-state index in [4.69, 9.17) is 19.0 Å². The van der Waals surface area contributed by atoms with E-state index >= 15 is 0 Å². The van der Waals surface area contributed by atoms with Crippen molar-refractivity contribution in [3.05, 3.63) is 107 Å². The molecule has 0 bridgehead atoms. The summed E-state index contributed by atoms with van der Waals surface area (Å²) in [5.74, 6) is 1.10. The van der Waals surface area contributed by atoms with E-state index in [-0.39, 0.29) is 19.4 Å². The summed E-state index contributed by atoms with van der Waals surface area (Å²) >= 11 is 1.21. The van der Waals surface area contributed by atoms with Gasteiger partial charge in [0.1, 0.15) is 12.0 Å². The number of hydrogen-bond donors (Lipinski definition) is 0. The second-order valence-electron chi connectivity index (χ2n) is 7.41. The average Bonchev–Trinajstić information content (AvgIpc) is 3.27. The van der Waals surface area contributed by atoms with E-state index < -0.39 is 7.60 Å². The van der Waals surface area contributed by atoms with Crippen molar-refractivity contribution < 1.29 is 13.6 Å². The molecule has 0 aliphatic rings. The second-order valence-corrected chi connectivity index (χ2v) is 10.2. The molecule has 1 aromatic heterocycles. The van der Waals surface area contributed by atoms with Crippen LogP contribution in [0.1, 0.15) is 25.2 Å². The van der Waals surface area contributed by atoms with Crippen LogP contribution in [0.25, 0.3) is 5.69 Å². The predicted molar refractivity (Wildman–Crippen MR) is 141 cm³/mol. The molecule has 0 N–H and O–H groups in total. The Kier molecular flexibility index (Phi) is 8.55. The van der Waals surface area contributed by atoms with Crippen molar-refractivity contribution in [2.75, 3.05) is 13.2 Å². The first-order valence-corrected chi connectivity index (χ1v) is 13.9. The van der Waals surface area contributed by atoms with Gasteiger partial charge in [-0.15, -0.1) is 0 Å². The molecule has 1 heterocycles. The number of benzene rings is 3. The number of aliphatic imine (C=N–C) groups is 1. The zero-order valence-electron chi connectivity index (χ0n) is 19.7. The van der Waals surface area contributed by atoms with E-state index in [0.29, 0.717) is 16.5 Å². The summed E-state index contributed by atoms with van der Waals surface area (Å²) in [7, 11) is -3.37. The van der Waals surface area contributed by atoms with Crippen molar-refractivity contribution in [3.8, 4) is 5.69 Å². The summed E-state index contributed by atoms with van der Waals surface area (Å²) < 4.78 is 30.9. The Labute approximate surface area is 209 Å². The molecule has 180 valence electrons. The lowest BCUT2D eigenvalue weighted by Crippen LogP contribution is -2.18. The molecule has 0 spiro atoms. The van der Waals surface area contributed by atoms with E-state index in [0.717, 1.165) is 16.9 Å². The van der Waals surface area contributed by atoms with Gasteiger partial charge in [0.25, 0.3) is 0 Å². The Morgan fingerprint density at radius 3 is 2.06 bits per heavy atom. The first-order valence-electron chi connectivity index (χ1n) is 11.4. The van der Waals surface area contributed by atoms with Gasteiger partial charge in [0, 0.05) is 22.8 Å². The molecule has 0 fully saturated rings. The van der Waals surface area contributed by atoms with Crippen LogP contribution in [-0.4, -0.2) is 28.0 Å². The van der Waals surface area contributed by atoms with Gasteiger partial charge in [-0.25, -0.2) is 4.99 Å². The largest absolute Gasteiger partial charge is 0.338 e. The van der Waals surface area contributed by atoms with Crippen LogP contribution in [0.2, 0.25) is 0 Å². The highest BCUT2D eigenvalue weighted by atomic mass is 32.1. The van der Waals surface area contributed by atoms with Crippen LogP contribution in [0.3, 0.4) is 0 Å². The third kappa shape index (κ3) is 6.50. The smallest absolute Gasteiger partial charge is 0.309 e. The van der Waals surface area contributed by atoms with Gasteiger partial charge in [0.05, 0.1) is 18.9 Å². The highest BCUT2D eigenvalue weighted by Crippen LogP contribution is 2.51. The molecule has 0 aliphatic carbocycles. The molecule has 0 saturated heterocycles. The third-order valence-corrected chi connectivity index (χ3v) is 7.62. The first kappa shape index (κ1) is 24.9. The Morgan fingerprint density at radius 2 is 1.46 bits per heavy atom. The van der Waals surface area contributed by atoms with Crippen molar-refractivity contribution in [2.24, 2.45) is 9.98 Å². The molecule has 0 unspecified atom stereocenters. The maximum absolute atomic E-state index is 13.3. The first-order chi connectivity index (χ1) is 17.1. The molecule has 0 radical (unpaired) electrons. The summed E-state index contributed by atoms with van der Waals surface area (Å²) in [6, 6.07) is 29.2. The molecule has 35 heavy (non-hydrogen) atoms. The van der Waals surface area contributed by atoms with E-state index in [2.05, 4.69) is 4.37 Å². The van der Waals surface area contributed by atoms with E-state index in [1.807, 2.05) is 95.6 Å². The van der Waals surface area contributed by atoms with Gasteiger partial charge in [-0.3, -0.25) is 9.13 Å². The summed E-state index contributed by atoms with van der Waals surface area (Å²) in [4.78, 5) is 10.4. The van der Waals surface area contributed by atoms with Gasteiger partial charge in [-0.2, -0.15) is 9.37 Å². The Balaban J connectivity index is 1.89. The second kappa shape index (κ2) is 12.0. The summed E-state index contributed by atoms with van der Waals surface area (Å²) in [5, 5.41) is 0. The van der Waals surface area contributed by atoms with Gasteiger partial charge in [-0.1, -0.05) is 66.7 Å². The van der Waals surface area contributed by atoms with E-state index in [9.17, 15) is 4.57 Å². The topological polar surface area (TPSA) is 78.1 Å². The molecule has 0 amide bonds. The van der Waals surface area contributed by atoms with Crippen LogP contribution >= 0.6 is 19.1 Å². The standard InChI is InChI=1S/C26H27N4O3PS/c1-3-32-34(31,33-4-2)20-24-29-35-26(30(24)23-18-12-7-13-19-23)28-25(21-14-8-5-9-15-21)27-22-16-10-6-11-17-22/h5-19H,3-4,20H2,1-2H3. The number of hydrogen-bond acceptors (Lipinski definition) is 6. The molecule has 0 atom stereocenters. The monoisotopic (exact) mass is 506 g/mol. The molecule has 9 heteroatoms. The normalized spacial score (nSPS) is 12.7. The molecule has 0 saturated carbocycles. The van der Waals surface area contributed by atoms with Crippen LogP contribution in [-0.2, 0) is 19.8 Å². The average molecular weight is 507 g/mol. The van der Waals surface area contributed by atoms with Crippen molar-refractivity contribution in [1.29, 1.82) is 0 Å². The minimum atomic E-state index is -3.37. The van der Waals surface area contributed by atoms with Gasteiger partial charge < -0.3 is 9.05 Å². The van der Waals surface area contributed by atoms with Gasteiger partial charge in [0.15, 0.2) is 5.84 Å². The summed E-state index contributed by atoms with van der Waals surface area (Å²) in [5.41, 5.74) is 2.52. The third-order valence-electron chi connectivity index (χ3n) is 4.91. The van der Waals surface area contributed by atoms with Crippen LogP contribution in [0.5, 0.6) is 0 Å². The Bertz CT molecular complexity index is 1360. The van der Waals surface area contributed by atoms with Crippen molar-refractivity contribution >= 4 is 30.7 Å². The van der Waals surface area contributed by atoms with E-state index in [1.54, 1.807) is 13.8 Å². The van der Waals surface area contributed by atoms with Gasteiger partial charge in [-0.05, 0) is 38.1 Å². The summed E-state index contributed by atoms with van der Waals surface area (Å²) in [6.07, 6.45) is 0.0338. The predicted octanol–water partition coefficient (Wildman–Crippen LogP) is 6.38. The Morgan fingerprint density at radius 1 is 0.886 bits per heavy atom. The number of para-hydroxylation sites is 2.